The quantitative estimate of drug-likeness (QED) is 0.687. The van der Waals surface area contributed by atoms with Gasteiger partial charge in [-0.2, -0.15) is 0 Å². The number of nitrogens with one attached hydrogen (secondary N) is 1. The van der Waals surface area contributed by atoms with Crippen molar-refractivity contribution in [2.24, 2.45) is 5.41 Å². The lowest BCUT2D eigenvalue weighted by Gasteiger charge is -2.23. The highest BCUT2D eigenvalue weighted by Crippen LogP contribution is 2.22. The van der Waals surface area contributed by atoms with E-state index in [0.717, 1.165) is 0 Å². The second kappa shape index (κ2) is 6.23. The smallest absolute Gasteiger partial charge is 0.311 e. The Labute approximate surface area is 125 Å². The van der Waals surface area contributed by atoms with Crippen LogP contribution in [0.5, 0.6) is 5.75 Å². The second-order valence-electron chi connectivity index (χ2n) is 4.57. The summed E-state index contributed by atoms with van der Waals surface area (Å²) in [6, 6.07) is 4.57. The van der Waals surface area contributed by atoms with Crippen LogP contribution in [0.15, 0.2) is 18.2 Å². The fraction of sp³-hybridized carbons (Fsp3) is 0.385. The van der Waals surface area contributed by atoms with Crippen LogP contribution in [0.4, 0.5) is 0 Å². The van der Waals surface area contributed by atoms with E-state index in [1.54, 1.807) is 26.0 Å². The number of aliphatic carboxylic acids is 1. The summed E-state index contributed by atoms with van der Waals surface area (Å²) in [4.78, 5) is 23.0. The Morgan fingerprint density at radius 3 is 2.53 bits per heavy atom. The van der Waals surface area contributed by atoms with E-state index in [1.165, 1.54) is 6.07 Å². The van der Waals surface area contributed by atoms with E-state index in [-0.39, 0.29) is 12.3 Å². The molecule has 0 fully saturated rings. The Morgan fingerprint density at radius 1 is 1.42 bits per heavy atom. The Hall–Kier alpha value is -1.31. The number of carboxylic acid groups (broad SMARTS) is 1. The Bertz CT molecular complexity index is 503. The van der Waals surface area contributed by atoms with Crippen LogP contribution in [0.3, 0.4) is 0 Å². The van der Waals surface area contributed by atoms with Crippen molar-refractivity contribution in [3.63, 3.8) is 0 Å². The predicted molar refractivity (Wildman–Crippen MR) is 79.2 cm³/mol. The lowest BCUT2D eigenvalue weighted by atomic mass is 9.87. The van der Waals surface area contributed by atoms with Crippen molar-refractivity contribution in [2.75, 3.05) is 6.54 Å². The Morgan fingerprint density at radius 2 is 2.05 bits per heavy atom. The molecule has 104 valence electrons. The molecule has 6 heteroatoms. The first kappa shape index (κ1) is 15.7. The van der Waals surface area contributed by atoms with Crippen molar-refractivity contribution in [3.05, 3.63) is 27.3 Å². The van der Waals surface area contributed by atoms with Gasteiger partial charge in [-0.05, 0) is 54.1 Å². The van der Waals surface area contributed by atoms with Crippen LogP contribution in [0, 0.1) is 8.99 Å². The van der Waals surface area contributed by atoms with E-state index in [9.17, 15) is 14.7 Å². The van der Waals surface area contributed by atoms with E-state index in [1.807, 2.05) is 22.6 Å². The molecule has 1 amide bonds. The van der Waals surface area contributed by atoms with Gasteiger partial charge in [0, 0.05) is 12.1 Å². The summed E-state index contributed by atoms with van der Waals surface area (Å²) in [6.45, 7) is 3.39. The molecule has 1 atom stereocenters. The van der Waals surface area contributed by atoms with Gasteiger partial charge in [-0.15, -0.1) is 0 Å². The number of phenols is 1. The molecule has 0 saturated heterocycles. The van der Waals surface area contributed by atoms with Gasteiger partial charge in [-0.3, -0.25) is 9.59 Å². The predicted octanol–water partition coefficient (Wildman–Crippen LogP) is 2.23. The molecule has 1 rings (SSSR count). The SMILES string of the molecule is CCC(C)(CNC(=O)c1ccc(I)c(O)c1)C(=O)O. The molecule has 0 aliphatic carbocycles. The van der Waals surface area contributed by atoms with Crippen LogP contribution in [0.2, 0.25) is 0 Å². The molecule has 0 bridgehead atoms. The van der Waals surface area contributed by atoms with Gasteiger partial charge in [0.15, 0.2) is 0 Å². The molecule has 0 aromatic heterocycles. The maximum Gasteiger partial charge on any atom is 0.311 e. The van der Waals surface area contributed by atoms with E-state index >= 15 is 0 Å². The number of phenolic OH excluding ortho intramolecular Hbond substituents is 1. The van der Waals surface area contributed by atoms with Crippen molar-refractivity contribution < 1.29 is 19.8 Å². The monoisotopic (exact) mass is 377 g/mol. The molecule has 0 aliphatic heterocycles. The summed E-state index contributed by atoms with van der Waals surface area (Å²) >= 11 is 1.95. The van der Waals surface area contributed by atoms with Crippen molar-refractivity contribution in [3.8, 4) is 5.75 Å². The normalized spacial score (nSPS) is 13.6. The number of amides is 1. The van der Waals surface area contributed by atoms with Gasteiger partial charge in [-0.1, -0.05) is 6.92 Å². The number of rotatable bonds is 5. The summed E-state index contributed by atoms with van der Waals surface area (Å²) in [6.07, 6.45) is 0.417. The van der Waals surface area contributed by atoms with Crippen molar-refractivity contribution in [1.29, 1.82) is 0 Å². The first-order valence-electron chi connectivity index (χ1n) is 5.80. The van der Waals surface area contributed by atoms with E-state index < -0.39 is 17.3 Å². The van der Waals surface area contributed by atoms with Gasteiger partial charge in [-0.25, -0.2) is 0 Å². The number of hydrogen-bond donors (Lipinski definition) is 3. The summed E-state index contributed by atoms with van der Waals surface area (Å²) < 4.78 is 0.651. The molecular weight excluding hydrogens is 361 g/mol. The number of aromatic hydroxyl groups is 1. The average molecular weight is 377 g/mol. The Kier molecular flexibility index (Phi) is 5.16. The first-order valence-corrected chi connectivity index (χ1v) is 6.88. The highest BCUT2D eigenvalue weighted by molar-refractivity contribution is 14.1. The number of carbonyl (C=O) groups is 2. The fourth-order valence-corrected chi connectivity index (χ4v) is 1.72. The lowest BCUT2D eigenvalue weighted by molar-refractivity contribution is -0.147. The fourth-order valence-electron chi connectivity index (χ4n) is 1.38. The van der Waals surface area contributed by atoms with E-state index in [0.29, 0.717) is 15.6 Å². The number of carboxylic acids is 1. The van der Waals surface area contributed by atoms with Crippen LogP contribution < -0.4 is 5.32 Å². The second-order valence-corrected chi connectivity index (χ2v) is 5.73. The van der Waals surface area contributed by atoms with Gasteiger partial charge >= 0.3 is 5.97 Å². The maximum absolute atomic E-state index is 11.9. The van der Waals surface area contributed by atoms with Gasteiger partial charge in [0.05, 0.1) is 8.99 Å². The van der Waals surface area contributed by atoms with Crippen molar-refractivity contribution in [2.45, 2.75) is 20.3 Å². The molecule has 1 unspecified atom stereocenters. The highest BCUT2D eigenvalue weighted by Gasteiger charge is 2.31. The minimum absolute atomic E-state index is 0.0322. The third-order valence-corrected chi connectivity index (χ3v) is 4.06. The van der Waals surface area contributed by atoms with Crippen molar-refractivity contribution >= 4 is 34.5 Å². The standard InChI is InChI=1S/C13H16INO4/c1-3-13(2,12(18)19)7-15-11(17)8-4-5-9(14)10(16)6-8/h4-6,16H,3,7H2,1-2H3,(H,15,17)(H,18,19). The molecule has 0 saturated carbocycles. The zero-order chi connectivity index (χ0) is 14.6. The van der Waals surface area contributed by atoms with Gasteiger partial charge in [0.2, 0.25) is 0 Å². The van der Waals surface area contributed by atoms with Crippen molar-refractivity contribution in [1.82, 2.24) is 5.32 Å². The van der Waals surface area contributed by atoms with E-state index in [4.69, 9.17) is 5.11 Å². The molecule has 0 heterocycles. The van der Waals surface area contributed by atoms with E-state index in [2.05, 4.69) is 5.32 Å². The molecule has 19 heavy (non-hydrogen) atoms. The topological polar surface area (TPSA) is 86.6 Å². The third-order valence-electron chi connectivity index (χ3n) is 3.14. The van der Waals surface area contributed by atoms with Crippen LogP contribution >= 0.6 is 22.6 Å². The molecule has 0 radical (unpaired) electrons. The minimum atomic E-state index is -0.985. The molecule has 1 aromatic rings. The maximum atomic E-state index is 11.9. The van der Waals surface area contributed by atoms with Gasteiger partial charge in [0.25, 0.3) is 5.91 Å². The Balaban J connectivity index is 2.75. The van der Waals surface area contributed by atoms with Crippen LogP contribution in [0.25, 0.3) is 0 Å². The molecule has 3 N–H and O–H groups in total. The van der Waals surface area contributed by atoms with Gasteiger partial charge < -0.3 is 15.5 Å². The first-order chi connectivity index (χ1) is 8.80. The average Bonchev–Trinajstić information content (AvgIpc) is 2.38. The summed E-state index contributed by atoms with van der Waals surface area (Å²) in [5, 5.41) is 21.2. The molecule has 0 spiro atoms. The molecule has 0 aliphatic rings. The zero-order valence-electron chi connectivity index (χ0n) is 10.7. The number of halogens is 1. The summed E-state index contributed by atoms with van der Waals surface area (Å²) in [7, 11) is 0. The zero-order valence-corrected chi connectivity index (χ0v) is 12.9. The minimum Gasteiger partial charge on any atom is -0.507 e. The molecule has 5 nitrogen and oxygen atoms in total. The van der Waals surface area contributed by atoms with Gasteiger partial charge in [0.1, 0.15) is 5.75 Å². The summed E-state index contributed by atoms with van der Waals surface area (Å²) in [5.74, 6) is -1.31. The number of hydrogen-bond acceptors (Lipinski definition) is 3. The van der Waals surface area contributed by atoms with Crippen LogP contribution in [-0.4, -0.2) is 28.6 Å². The molecular formula is C13H16INO4. The third kappa shape index (κ3) is 3.82. The number of benzene rings is 1. The summed E-state index contributed by atoms with van der Waals surface area (Å²) in [5.41, 5.74) is -0.678. The van der Waals surface area contributed by atoms with Crippen LogP contribution in [0.1, 0.15) is 30.6 Å². The lowest BCUT2D eigenvalue weighted by Crippen LogP contribution is -2.40. The molecule has 1 aromatic carbocycles. The van der Waals surface area contributed by atoms with Crippen LogP contribution in [-0.2, 0) is 4.79 Å². The largest absolute Gasteiger partial charge is 0.507 e. The highest BCUT2D eigenvalue weighted by atomic mass is 127. The number of carbonyl (C=O) groups excluding carboxylic acids is 1.